The molecule has 2 rings (SSSR count). The van der Waals surface area contributed by atoms with Crippen LogP contribution in [0, 0.1) is 0 Å². The molecule has 1 N–H and O–H groups in total. The lowest BCUT2D eigenvalue weighted by Crippen LogP contribution is -2.00. The molecule has 0 saturated carbocycles. The summed E-state index contributed by atoms with van der Waals surface area (Å²) in [7, 11) is 1.55. The van der Waals surface area contributed by atoms with Gasteiger partial charge in [0.1, 0.15) is 6.61 Å². The van der Waals surface area contributed by atoms with Crippen LogP contribution in [-0.2, 0) is 13.2 Å². The Balaban J connectivity index is 2.18. The second-order valence-corrected chi connectivity index (χ2v) is 3.37. The molecule has 5 nitrogen and oxygen atoms in total. The van der Waals surface area contributed by atoms with E-state index >= 15 is 0 Å². The van der Waals surface area contributed by atoms with Gasteiger partial charge in [0.05, 0.1) is 19.9 Å². The van der Waals surface area contributed by atoms with Gasteiger partial charge < -0.3 is 19.1 Å². The van der Waals surface area contributed by atoms with Gasteiger partial charge in [-0.15, -0.1) is 0 Å². The van der Waals surface area contributed by atoms with E-state index < -0.39 is 0 Å². The standard InChI is InChI=1S/C12H13NO4/c1-15-11-4-2-3-9(7-14)12(11)16-8-10-5-6-13-17-10/h2-6,14H,7-8H2,1H3. The van der Waals surface area contributed by atoms with Crippen molar-refractivity contribution in [3.63, 3.8) is 0 Å². The van der Waals surface area contributed by atoms with Crippen LogP contribution in [0.2, 0.25) is 0 Å². The van der Waals surface area contributed by atoms with Gasteiger partial charge in [-0.3, -0.25) is 0 Å². The molecule has 1 heterocycles. The molecule has 0 aliphatic heterocycles. The average molecular weight is 235 g/mol. The number of aliphatic hydroxyl groups excluding tert-OH is 1. The Kier molecular flexibility index (Phi) is 3.62. The smallest absolute Gasteiger partial charge is 0.174 e. The molecule has 0 saturated heterocycles. The molecule has 5 heteroatoms. The van der Waals surface area contributed by atoms with E-state index in [1.807, 2.05) is 0 Å². The minimum Gasteiger partial charge on any atom is -0.493 e. The van der Waals surface area contributed by atoms with Gasteiger partial charge in [-0.2, -0.15) is 0 Å². The number of para-hydroxylation sites is 1. The maximum absolute atomic E-state index is 9.22. The van der Waals surface area contributed by atoms with Gasteiger partial charge >= 0.3 is 0 Å². The van der Waals surface area contributed by atoms with Crippen molar-refractivity contribution in [1.29, 1.82) is 0 Å². The zero-order valence-corrected chi connectivity index (χ0v) is 9.42. The Bertz CT molecular complexity index is 445. The van der Waals surface area contributed by atoms with Crippen LogP contribution >= 0.6 is 0 Å². The van der Waals surface area contributed by atoms with Crippen molar-refractivity contribution in [3.05, 3.63) is 41.8 Å². The first-order chi connectivity index (χ1) is 8.35. The highest BCUT2D eigenvalue weighted by atomic mass is 16.5. The minimum absolute atomic E-state index is 0.108. The number of aliphatic hydroxyl groups is 1. The largest absolute Gasteiger partial charge is 0.493 e. The lowest BCUT2D eigenvalue weighted by atomic mass is 10.2. The predicted molar refractivity (Wildman–Crippen MR) is 59.8 cm³/mol. The van der Waals surface area contributed by atoms with E-state index in [2.05, 4.69) is 5.16 Å². The molecule has 1 aromatic heterocycles. The van der Waals surface area contributed by atoms with E-state index in [0.29, 0.717) is 22.8 Å². The molecule has 2 aromatic rings. The highest BCUT2D eigenvalue weighted by Gasteiger charge is 2.10. The number of hydrogen-bond donors (Lipinski definition) is 1. The number of aromatic nitrogens is 1. The fourth-order valence-corrected chi connectivity index (χ4v) is 1.47. The Morgan fingerprint density at radius 1 is 1.35 bits per heavy atom. The van der Waals surface area contributed by atoms with Gasteiger partial charge in [0.2, 0.25) is 0 Å². The van der Waals surface area contributed by atoms with Crippen LogP contribution in [0.25, 0.3) is 0 Å². The van der Waals surface area contributed by atoms with Gasteiger partial charge in [0.15, 0.2) is 17.3 Å². The highest BCUT2D eigenvalue weighted by molar-refractivity contribution is 5.46. The van der Waals surface area contributed by atoms with Crippen LogP contribution in [0.4, 0.5) is 0 Å². The Hall–Kier alpha value is -2.01. The van der Waals surface area contributed by atoms with Gasteiger partial charge in [-0.05, 0) is 6.07 Å². The molecule has 0 atom stereocenters. The summed E-state index contributed by atoms with van der Waals surface area (Å²) in [6.45, 7) is 0.135. The molecule has 90 valence electrons. The van der Waals surface area contributed by atoms with Gasteiger partial charge in [0.25, 0.3) is 0 Å². The van der Waals surface area contributed by atoms with E-state index in [9.17, 15) is 5.11 Å². The molecule has 0 radical (unpaired) electrons. The predicted octanol–water partition coefficient (Wildman–Crippen LogP) is 1.75. The average Bonchev–Trinajstić information content (AvgIpc) is 2.88. The zero-order valence-electron chi connectivity index (χ0n) is 9.42. The van der Waals surface area contributed by atoms with E-state index in [1.165, 1.54) is 0 Å². The number of benzene rings is 1. The molecule has 0 amide bonds. The van der Waals surface area contributed by atoms with Crippen molar-refractivity contribution < 1.29 is 19.1 Å². The molecular weight excluding hydrogens is 222 g/mol. The lowest BCUT2D eigenvalue weighted by Gasteiger charge is -2.12. The Morgan fingerprint density at radius 3 is 2.88 bits per heavy atom. The molecule has 0 aliphatic rings. The second-order valence-electron chi connectivity index (χ2n) is 3.37. The summed E-state index contributed by atoms with van der Waals surface area (Å²) in [5, 5.41) is 12.8. The van der Waals surface area contributed by atoms with Crippen LogP contribution in [0.15, 0.2) is 35.0 Å². The molecule has 1 aromatic carbocycles. The van der Waals surface area contributed by atoms with Crippen LogP contribution in [0.1, 0.15) is 11.3 Å². The van der Waals surface area contributed by atoms with Crippen molar-refractivity contribution in [2.24, 2.45) is 0 Å². The lowest BCUT2D eigenvalue weighted by molar-refractivity contribution is 0.224. The topological polar surface area (TPSA) is 64.7 Å². The molecule has 0 aliphatic carbocycles. The molecule has 0 bridgehead atoms. The first-order valence-corrected chi connectivity index (χ1v) is 5.14. The quantitative estimate of drug-likeness (QED) is 0.855. The number of methoxy groups -OCH3 is 1. The number of nitrogens with zero attached hydrogens (tertiary/aromatic N) is 1. The number of rotatable bonds is 5. The Labute approximate surface area is 98.6 Å². The summed E-state index contributed by atoms with van der Waals surface area (Å²) in [6.07, 6.45) is 1.55. The summed E-state index contributed by atoms with van der Waals surface area (Å²) < 4.78 is 15.7. The van der Waals surface area contributed by atoms with Gasteiger partial charge in [-0.1, -0.05) is 17.3 Å². The van der Waals surface area contributed by atoms with Gasteiger partial charge in [0, 0.05) is 11.6 Å². The van der Waals surface area contributed by atoms with Crippen molar-refractivity contribution in [1.82, 2.24) is 5.16 Å². The third-order valence-corrected chi connectivity index (χ3v) is 2.30. The highest BCUT2D eigenvalue weighted by Crippen LogP contribution is 2.31. The normalized spacial score (nSPS) is 10.2. The first-order valence-electron chi connectivity index (χ1n) is 5.14. The number of hydrogen-bond acceptors (Lipinski definition) is 5. The van der Waals surface area contributed by atoms with Crippen LogP contribution in [0.3, 0.4) is 0 Å². The summed E-state index contributed by atoms with van der Waals surface area (Å²) in [4.78, 5) is 0. The van der Waals surface area contributed by atoms with Gasteiger partial charge in [-0.25, -0.2) is 0 Å². The second kappa shape index (κ2) is 5.36. The van der Waals surface area contributed by atoms with Crippen LogP contribution in [0.5, 0.6) is 11.5 Å². The Morgan fingerprint density at radius 2 is 2.24 bits per heavy atom. The van der Waals surface area contributed by atoms with Crippen molar-refractivity contribution in [3.8, 4) is 11.5 Å². The summed E-state index contributed by atoms with van der Waals surface area (Å²) in [6, 6.07) is 7.06. The van der Waals surface area contributed by atoms with Crippen molar-refractivity contribution in [2.75, 3.05) is 7.11 Å². The van der Waals surface area contributed by atoms with Crippen LogP contribution < -0.4 is 9.47 Å². The van der Waals surface area contributed by atoms with Crippen molar-refractivity contribution in [2.45, 2.75) is 13.2 Å². The minimum atomic E-state index is -0.108. The number of ether oxygens (including phenoxy) is 2. The molecule has 0 spiro atoms. The third kappa shape index (κ3) is 2.57. The summed E-state index contributed by atoms with van der Waals surface area (Å²) in [5.74, 6) is 1.71. The van der Waals surface area contributed by atoms with E-state index in [0.717, 1.165) is 0 Å². The fourth-order valence-electron chi connectivity index (χ4n) is 1.47. The van der Waals surface area contributed by atoms with E-state index in [4.69, 9.17) is 14.0 Å². The van der Waals surface area contributed by atoms with Crippen molar-refractivity contribution >= 4 is 0 Å². The summed E-state index contributed by atoms with van der Waals surface area (Å²) in [5.41, 5.74) is 0.670. The SMILES string of the molecule is COc1cccc(CO)c1OCc1ccno1. The maximum Gasteiger partial charge on any atom is 0.174 e. The van der Waals surface area contributed by atoms with E-state index in [1.54, 1.807) is 37.6 Å². The molecule has 0 unspecified atom stereocenters. The van der Waals surface area contributed by atoms with Crippen LogP contribution in [-0.4, -0.2) is 17.4 Å². The molecule has 17 heavy (non-hydrogen) atoms. The first kappa shape index (κ1) is 11.5. The third-order valence-electron chi connectivity index (χ3n) is 2.30. The monoisotopic (exact) mass is 235 g/mol. The zero-order chi connectivity index (χ0) is 12.1. The maximum atomic E-state index is 9.22. The molecular formula is C12H13NO4. The summed E-state index contributed by atoms with van der Waals surface area (Å²) >= 11 is 0. The van der Waals surface area contributed by atoms with E-state index in [-0.39, 0.29) is 13.2 Å². The molecule has 0 fully saturated rings. The fraction of sp³-hybridized carbons (Fsp3) is 0.250.